The van der Waals surface area contributed by atoms with E-state index in [2.05, 4.69) is 25.3 Å². The summed E-state index contributed by atoms with van der Waals surface area (Å²) in [6.45, 7) is 2.04. The summed E-state index contributed by atoms with van der Waals surface area (Å²) in [5, 5.41) is 14.4. The zero-order chi connectivity index (χ0) is 21.6. The van der Waals surface area contributed by atoms with E-state index in [0.717, 1.165) is 34.3 Å². The molecule has 1 aliphatic carbocycles. The highest BCUT2D eigenvalue weighted by Crippen LogP contribution is 2.35. The molecule has 1 N–H and O–H groups in total. The summed E-state index contributed by atoms with van der Waals surface area (Å²) in [6, 6.07) is 12.0. The third kappa shape index (κ3) is 5.75. The van der Waals surface area contributed by atoms with Crippen LogP contribution in [-0.2, 0) is 4.79 Å². The van der Waals surface area contributed by atoms with Crippen molar-refractivity contribution in [2.75, 3.05) is 5.75 Å². The van der Waals surface area contributed by atoms with Gasteiger partial charge in [0.15, 0.2) is 11.0 Å². The standard InChI is InChI=1S/C22H24ClN5OS2/c1-15-7-12-19(31-15)13-24-25-20(29)14-30-22-27-26-21(16-8-10-17(23)11-9-16)28(22)18-5-3-2-4-6-18/h7-13,18H,2-6,14H2,1H3,(H,25,29)/b24-13-. The van der Waals surface area contributed by atoms with Gasteiger partial charge in [0.2, 0.25) is 0 Å². The van der Waals surface area contributed by atoms with Crippen LogP contribution in [0.1, 0.15) is 47.9 Å². The average molecular weight is 474 g/mol. The Balaban J connectivity index is 1.46. The second-order valence-electron chi connectivity index (χ2n) is 7.51. The van der Waals surface area contributed by atoms with E-state index in [1.807, 2.05) is 43.3 Å². The molecule has 0 aliphatic heterocycles. The molecule has 162 valence electrons. The number of carbonyl (C=O) groups excluding carboxylic acids is 1. The van der Waals surface area contributed by atoms with Gasteiger partial charge in [-0.05, 0) is 56.2 Å². The highest BCUT2D eigenvalue weighted by molar-refractivity contribution is 7.99. The van der Waals surface area contributed by atoms with Crippen LogP contribution in [0.4, 0.5) is 0 Å². The number of thiophene rings is 1. The number of aromatic nitrogens is 3. The van der Waals surface area contributed by atoms with Crippen molar-refractivity contribution in [2.24, 2.45) is 5.10 Å². The molecule has 0 spiro atoms. The Morgan fingerprint density at radius 1 is 1.23 bits per heavy atom. The minimum atomic E-state index is -0.166. The number of rotatable bonds is 7. The van der Waals surface area contributed by atoms with E-state index in [1.165, 1.54) is 35.9 Å². The molecular formula is C22H24ClN5OS2. The summed E-state index contributed by atoms with van der Waals surface area (Å²) in [5.41, 5.74) is 3.58. The van der Waals surface area contributed by atoms with Gasteiger partial charge in [0.05, 0.1) is 12.0 Å². The van der Waals surface area contributed by atoms with E-state index in [9.17, 15) is 4.79 Å². The number of hydrogen-bond acceptors (Lipinski definition) is 6. The van der Waals surface area contributed by atoms with Gasteiger partial charge in [-0.25, -0.2) is 5.43 Å². The van der Waals surface area contributed by atoms with Crippen molar-refractivity contribution in [1.82, 2.24) is 20.2 Å². The quantitative estimate of drug-likeness (QED) is 0.271. The molecule has 0 saturated heterocycles. The van der Waals surface area contributed by atoms with Crippen LogP contribution in [0.2, 0.25) is 5.02 Å². The van der Waals surface area contributed by atoms with Crippen LogP contribution < -0.4 is 5.43 Å². The number of benzene rings is 1. The molecule has 6 nitrogen and oxygen atoms in total. The Labute approximate surface area is 195 Å². The monoisotopic (exact) mass is 473 g/mol. The normalized spacial score (nSPS) is 14.9. The molecule has 0 unspecified atom stereocenters. The van der Waals surface area contributed by atoms with Crippen LogP contribution in [0.25, 0.3) is 11.4 Å². The fourth-order valence-corrected chi connectivity index (χ4v) is 5.37. The zero-order valence-corrected chi connectivity index (χ0v) is 19.6. The largest absolute Gasteiger partial charge is 0.299 e. The third-order valence-corrected chi connectivity index (χ3v) is 7.31. The number of aryl methyl sites for hydroxylation is 1. The van der Waals surface area contributed by atoms with Crippen LogP contribution in [-0.4, -0.2) is 32.6 Å². The summed E-state index contributed by atoms with van der Waals surface area (Å²) in [6.07, 6.45) is 7.53. The first-order valence-corrected chi connectivity index (χ1v) is 12.5. The van der Waals surface area contributed by atoms with Gasteiger partial charge in [-0.2, -0.15) is 5.10 Å². The summed E-state index contributed by atoms with van der Waals surface area (Å²) in [7, 11) is 0. The minimum Gasteiger partial charge on any atom is -0.299 e. The second kappa shape index (κ2) is 10.4. The molecule has 0 atom stereocenters. The maximum atomic E-state index is 12.3. The first kappa shape index (κ1) is 22.0. The van der Waals surface area contributed by atoms with Crippen LogP contribution in [0.5, 0.6) is 0 Å². The maximum absolute atomic E-state index is 12.3. The molecule has 1 aliphatic rings. The molecule has 2 heterocycles. The first-order chi connectivity index (χ1) is 15.1. The lowest BCUT2D eigenvalue weighted by Gasteiger charge is -2.25. The minimum absolute atomic E-state index is 0.166. The molecular weight excluding hydrogens is 450 g/mol. The Bertz CT molecular complexity index is 1050. The van der Waals surface area contributed by atoms with E-state index in [0.29, 0.717) is 11.1 Å². The van der Waals surface area contributed by atoms with Gasteiger partial charge in [-0.3, -0.25) is 9.36 Å². The number of hydrogen-bond donors (Lipinski definition) is 1. The topological polar surface area (TPSA) is 72.2 Å². The van der Waals surface area contributed by atoms with Gasteiger partial charge in [-0.15, -0.1) is 21.5 Å². The predicted molar refractivity (Wildman–Crippen MR) is 128 cm³/mol. The lowest BCUT2D eigenvalue weighted by atomic mass is 9.95. The summed E-state index contributed by atoms with van der Waals surface area (Å²) < 4.78 is 2.21. The summed E-state index contributed by atoms with van der Waals surface area (Å²) in [5.74, 6) is 0.894. The van der Waals surface area contributed by atoms with Crippen molar-refractivity contribution in [1.29, 1.82) is 0 Å². The molecule has 1 saturated carbocycles. The average Bonchev–Trinajstić information content (AvgIpc) is 3.39. The lowest BCUT2D eigenvalue weighted by Crippen LogP contribution is -2.20. The van der Waals surface area contributed by atoms with Gasteiger partial charge in [0.1, 0.15) is 0 Å². The molecule has 1 amide bonds. The van der Waals surface area contributed by atoms with E-state index >= 15 is 0 Å². The smallest absolute Gasteiger partial charge is 0.250 e. The van der Waals surface area contributed by atoms with E-state index < -0.39 is 0 Å². The Morgan fingerprint density at radius 2 is 2.00 bits per heavy atom. The summed E-state index contributed by atoms with van der Waals surface area (Å²) >= 11 is 9.09. The Morgan fingerprint density at radius 3 is 2.71 bits per heavy atom. The molecule has 1 fully saturated rings. The van der Waals surface area contributed by atoms with Crippen molar-refractivity contribution < 1.29 is 4.79 Å². The van der Waals surface area contributed by atoms with E-state index in [4.69, 9.17) is 11.6 Å². The van der Waals surface area contributed by atoms with Crippen molar-refractivity contribution >= 4 is 46.8 Å². The fraction of sp³-hybridized carbons (Fsp3) is 0.364. The third-order valence-electron chi connectivity index (χ3n) is 5.18. The number of nitrogens with one attached hydrogen (secondary N) is 1. The van der Waals surface area contributed by atoms with Crippen molar-refractivity contribution in [2.45, 2.75) is 50.2 Å². The first-order valence-electron chi connectivity index (χ1n) is 10.3. The molecule has 31 heavy (non-hydrogen) atoms. The van der Waals surface area contributed by atoms with Crippen LogP contribution in [0.3, 0.4) is 0 Å². The number of amides is 1. The molecule has 0 radical (unpaired) electrons. The highest BCUT2D eigenvalue weighted by Gasteiger charge is 2.24. The van der Waals surface area contributed by atoms with Crippen LogP contribution in [0.15, 0.2) is 46.7 Å². The maximum Gasteiger partial charge on any atom is 0.250 e. The molecule has 1 aromatic carbocycles. The van der Waals surface area contributed by atoms with Gasteiger partial charge < -0.3 is 0 Å². The predicted octanol–water partition coefficient (Wildman–Crippen LogP) is 5.72. The number of hydrazone groups is 1. The summed E-state index contributed by atoms with van der Waals surface area (Å²) in [4.78, 5) is 14.5. The van der Waals surface area contributed by atoms with E-state index in [1.54, 1.807) is 17.6 Å². The number of nitrogens with zero attached hydrogens (tertiary/aromatic N) is 4. The van der Waals surface area contributed by atoms with Crippen LogP contribution in [0, 0.1) is 6.92 Å². The van der Waals surface area contributed by atoms with Crippen LogP contribution >= 0.6 is 34.7 Å². The number of halogens is 1. The van der Waals surface area contributed by atoms with Gasteiger partial charge >= 0.3 is 0 Å². The van der Waals surface area contributed by atoms with E-state index in [-0.39, 0.29) is 11.7 Å². The number of thioether (sulfide) groups is 1. The second-order valence-corrected chi connectivity index (χ2v) is 10.2. The molecule has 3 aromatic rings. The molecule has 2 aromatic heterocycles. The fourth-order valence-electron chi connectivity index (χ4n) is 3.69. The van der Waals surface area contributed by atoms with Gasteiger partial charge in [0, 0.05) is 26.4 Å². The molecule has 4 rings (SSSR count). The Hall–Kier alpha value is -2.16. The van der Waals surface area contributed by atoms with Crippen molar-refractivity contribution in [3.05, 3.63) is 51.2 Å². The molecule has 9 heteroatoms. The molecule has 0 bridgehead atoms. The SMILES string of the molecule is Cc1ccc(/C=N\NC(=O)CSc2nnc(-c3ccc(Cl)cc3)n2C2CCCCC2)s1. The number of carbonyl (C=O) groups is 1. The van der Waals surface area contributed by atoms with Gasteiger partial charge in [0.25, 0.3) is 5.91 Å². The van der Waals surface area contributed by atoms with Gasteiger partial charge in [-0.1, -0.05) is 42.6 Å². The van der Waals surface area contributed by atoms with Crippen molar-refractivity contribution in [3.63, 3.8) is 0 Å². The Kier molecular flexibility index (Phi) is 7.42. The van der Waals surface area contributed by atoms with Crippen molar-refractivity contribution in [3.8, 4) is 11.4 Å². The zero-order valence-electron chi connectivity index (χ0n) is 17.3. The highest BCUT2D eigenvalue weighted by atomic mass is 35.5. The lowest BCUT2D eigenvalue weighted by molar-refractivity contribution is -0.118.